The summed E-state index contributed by atoms with van der Waals surface area (Å²) in [5, 5.41) is 0. The predicted octanol–water partition coefficient (Wildman–Crippen LogP) is -3.30. The second-order valence-electron chi connectivity index (χ2n) is 3.69. The van der Waals surface area contributed by atoms with Gasteiger partial charge in [-0.1, -0.05) is 30.3 Å². The van der Waals surface area contributed by atoms with Crippen LogP contribution in [-0.4, -0.2) is 16.2 Å². The molecular weight excluding hydrogens is 329 g/mol. The Morgan fingerprint density at radius 3 is 2.76 bits per heavy atom. The van der Waals surface area contributed by atoms with Crippen molar-refractivity contribution < 1.29 is 29.0 Å². The van der Waals surface area contributed by atoms with Gasteiger partial charge in [-0.15, -0.1) is 0 Å². The Morgan fingerprint density at radius 1 is 1.24 bits per heavy atom. The van der Waals surface area contributed by atoms with E-state index in [1.54, 1.807) is 0 Å². The Hall–Kier alpha value is -1.50. The summed E-state index contributed by atoms with van der Waals surface area (Å²) in [6, 6.07) is 9.90. The molecule has 0 radical (unpaired) electrons. The number of nitrogens with one attached hydrogen (secondary N) is 2. The second kappa shape index (κ2) is 4.79. The van der Waals surface area contributed by atoms with E-state index >= 15 is 0 Å². The van der Waals surface area contributed by atoms with Crippen molar-refractivity contribution in [2.45, 2.75) is 5.92 Å². The number of rotatable bonds is 1. The number of aromatic nitrogens is 2. The molecule has 2 heterocycles. The van der Waals surface area contributed by atoms with Crippen molar-refractivity contribution in [2.75, 3.05) is 0 Å². The number of fused-ring (bicyclic) bond motifs is 1. The maximum atomic E-state index is 11.7. The van der Waals surface area contributed by atoms with Crippen LogP contribution < -0.4 is 34.5 Å². The molecule has 1 aromatic carbocycles. The molecule has 17 heavy (non-hydrogen) atoms. The Balaban J connectivity index is 0.00000108. The van der Waals surface area contributed by atoms with Gasteiger partial charge < -0.3 is 24.0 Å². The van der Waals surface area contributed by atoms with Gasteiger partial charge in [0.25, 0.3) is 5.56 Å². The largest absolute Gasteiger partial charge is 1.00 e. The first-order valence-corrected chi connectivity index (χ1v) is 5.08. The third kappa shape index (κ3) is 2.02. The third-order valence-corrected chi connectivity index (χ3v) is 2.75. The number of aromatic amines is 1. The zero-order chi connectivity index (χ0) is 11.0. The minimum Gasteiger partial charge on any atom is -1.00 e. The van der Waals surface area contributed by atoms with E-state index in [0.717, 1.165) is 5.56 Å². The number of H-pyrrole nitrogens is 1. The predicted molar refractivity (Wildman–Crippen MR) is 59.8 cm³/mol. The topological polar surface area (TPSA) is 59.7 Å². The van der Waals surface area contributed by atoms with Gasteiger partial charge in [-0.2, -0.15) is 0 Å². The molecule has 0 fully saturated rings. The maximum Gasteiger partial charge on any atom is 0.332 e. The smallest absolute Gasteiger partial charge is 0.332 e. The first kappa shape index (κ1) is 12.0. The first-order chi connectivity index (χ1) is 7.86. The fourth-order valence-corrected chi connectivity index (χ4v) is 1.98. The average Bonchev–Trinajstić information content (AvgIpc) is 2.75. The molecule has 1 unspecified atom stereocenters. The summed E-state index contributed by atoms with van der Waals surface area (Å²) in [6.07, 6.45) is 3.30. The van der Waals surface area contributed by atoms with E-state index in [1.807, 2.05) is 36.5 Å². The van der Waals surface area contributed by atoms with Crippen LogP contribution in [0.3, 0.4) is 0 Å². The minimum absolute atomic E-state index is 0. The van der Waals surface area contributed by atoms with E-state index < -0.39 is 0 Å². The molecule has 0 bridgehead atoms. The van der Waals surface area contributed by atoms with E-state index in [9.17, 15) is 4.79 Å². The molecule has 86 valence electrons. The quantitative estimate of drug-likeness (QED) is 0.535. The standard InChI is InChI=1S/C12H9N3O.HI/c16-12-10-9(8-4-2-1-3-5-8)6-13-11(10)14-7-15-12;/h1-7,9H,(H,14,15,16);1H. The summed E-state index contributed by atoms with van der Waals surface area (Å²) in [5.74, 6) is 0.631. The van der Waals surface area contributed by atoms with Crippen LogP contribution in [0, 0.1) is 0 Å². The van der Waals surface area contributed by atoms with Crippen LogP contribution in [0.25, 0.3) is 0 Å². The highest BCUT2D eigenvalue weighted by Crippen LogP contribution is 2.23. The fraction of sp³-hybridized carbons (Fsp3) is 0.0833. The molecule has 0 aliphatic carbocycles. The molecule has 0 saturated carbocycles. The van der Waals surface area contributed by atoms with Crippen LogP contribution >= 0.6 is 0 Å². The molecule has 3 rings (SSSR count). The Bertz CT molecular complexity index is 607. The Morgan fingerprint density at radius 2 is 2.00 bits per heavy atom. The minimum atomic E-state index is -0.0832. The highest BCUT2D eigenvalue weighted by molar-refractivity contribution is 5.74. The molecule has 0 amide bonds. The summed E-state index contributed by atoms with van der Waals surface area (Å²) in [6.45, 7) is 0. The number of hydrogen-bond donors (Lipinski definition) is 2. The van der Waals surface area contributed by atoms with Crippen LogP contribution in [0.5, 0.6) is 0 Å². The van der Waals surface area contributed by atoms with Gasteiger partial charge in [0.05, 0.1) is 12.1 Å². The van der Waals surface area contributed by atoms with E-state index in [0.29, 0.717) is 11.4 Å². The van der Waals surface area contributed by atoms with Gasteiger partial charge >= 0.3 is 5.82 Å². The van der Waals surface area contributed by atoms with Crippen molar-refractivity contribution in [3.63, 3.8) is 0 Å². The molecule has 5 heteroatoms. The zero-order valence-corrected chi connectivity index (χ0v) is 11.0. The number of benzene rings is 1. The highest BCUT2D eigenvalue weighted by atomic mass is 127. The average molecular weight is 339 g/mol. The Kier molecular flexibility index (Phi) is 3.37. The third-order valence-electron chi connectivity index (χ3n) is 2.75. The van der Waals surface area contributed by atoms with E-state index in [1.165, 1.54) is 6.33 Å². The van der Waals surface area contributed by atoms with Crippen molar-refractivity contribution >= 4 is 12.0 Å². The molecule has 1 aromatic heterocycles. The van der Waals surface area contributed by atoms with Gasteiger partial charge in [-0.3, -0.25) is 9.78 Å². The van der Waals surface area contributed by atoms with E-state index in [-0.39, 0.29) is 35.5 Å². The molecule has 2 N–H and O–H groups in total. The van der Waals surface area contributed by atoms with Gasteiger partial charge in [-0.25, -0.2) is 4.99 Å². The van der Waals surface area contributed by atoms with Crippen LogP contribution in [-0.2, 0) is 0 Å². The Labute approximate surface area is 115 Å². The molecular formula is C12H10IN3O. The van der Waals surface area contributed by atoms with Crippen molar-refractivity contribution in [2.24, 2.45) is 0 Å². The normalized spacial score (nSPS) is 16.4. The lowest BCUT2D eigenvalue weighted by Crippen LogP contribution is -3.00. The molecule has 2 aromatic rings. The molecule has 4 nitrogen and oxygen atoms in total. The van der Waals surface area contributed by atoms with Gasteiger partial charge in [0, 0.05) is 0 Å². The summed E-state index contributed by atoms with van der Waals surface area (Å²) in [4.78, 5) is 21.5. The number of hydrogen-bond acceptors (Lipinski definition) is 2. The lowest BCUT2D eigenvalue weighted by molar-refractivity contribution is -0.349. The van der Waals surface area contributed by atoms with Crippen molar-refractivity contribution in [1.29, 1.82) is 0 Å². The molecule has 1 atom stereocenters. The van der Waals surface area contributed by atoms with Crippen LogP contribution in [0.1, 0.15) is 17.0 Å². The lowest BCUT2D eigenvalue weighted by Gasteiger charge is -2.04. The van der Waals surface area contributed by atoms with Crippen molar-refractivity contribution in [3.8, 4) is 0 Å². The summed E-state index contributed by atoms with van der Waals surface area (Å²) in [7, 11) is 0. The lowest BCUT2D eigenvalue weighted by atomic mass is 9.95. The number of nitrogens with zero attached hydrogens (tertiary/aromatic N) is 1. The molecule has 0 spiro atoms. The van der Waals surface area contributed by atoms with Gasteiger partial charge in [-0.05, 0) is 10.5 Å². The van der Waals surface area contributed by atoms with Crippen molar-refractivity contribution in [3.05, 3.63) is 58.1 Å². The molecule has 1 aliphatic heterocycles. The van der Waals surface area contributed by atoms with Crippen LogP contribution in [0.4, 0.5) is 5.82 Å². The summed E-state index contributed by atoms with van der Waals surface area (Å²) >= 11 is 0. The SMILES string of the molecule is O=c1[nH]cnc2c1C(c1ccccc1)C=[NH+]2.[I-]. The first-order valence-electron chi connectivity index (χ1n) is 5.08. The van der Waals surface area contributed by atoms with E-state index in [2.05, 4.69) is 15.0 Å². The molecule has 0 saturated heterocycles. The zero-order valence-electron chi connectivity index (χ0n) is 8.85. The van der Waals surface area contributed by atoms with Crippen molar-refractivity contribution in [1.82, 2.24) is 9.97 Å². The maximum absolute atomic E-state index is 11.7. The summed E-state index contributed by atoms with van der Waals surface area (Å²) in [5.41, 5.74) is 1.70. The molecule has 1 aliphatic rings. The fourth-order valence-electron chi connectivity index (χ4n) is 1.98. The second-order valence-corrected chi connectivity index (χ2v) is 3.69. The highest BCUT2D eigenvalue weighted by Gasteiger charge is 2.29. The van der Waals surface area contributed by atoms with Crippen LogP contribution in [0.15, 0.2) is 41.5 Å². The summed E-state index contributed by atoms with van der Waals surface area (Å²) < 4.78 is 0. The monoisotopic (exact) mass is 339 g/mol. The van der Waals surface area contributed by atoms with Gasteiger partial charge in [0.2, 0.25) is 6.33 Å². The van der Waals surface area contributed by atoms with Gasteiger partial charge in [0.1, 0.15) is 5.56 Å². The van der Waals surface area contributed by atoms with Crippen LogP contribution in [0.2, 0.25) is 0 Å². The van der Waals surface area contributed by atoms with Gasteiger partial charge in [0.15, 0.2) is 0 Å². The number of halogens is 1. The van der Waals surface area contributed by atoms with E-state index in [4.69, 9.17) is 0 Å².